The molecule has 0 saturated heterocycles. The second-order valence-corrected chi connectivity index (χ2v) is 7.07. The zero-order valence-corrected chi connectivity index (χ0v) is 18.8. The molecule has 0 radical (unpaired) electrons. The van der Waals surface area contributed by atoms with E-state index in [0.717, 1.165) is 12.8 Å². The minimum Gasteiger partial charge on any atom is -0.385 e. The van der Waals surface area contributed by atoms with Gasteiger partial charge in [-0.1, -0.05) is 17.9 Å². The average molecular weight is 443 g/mol. The quantitative estimate of drug-likeness (QED) is 0.296. The van der Waals surface area contributed by atoms with Gasteiger partial charge < -0.3 is 26.0 Å². The van der Waals surface area contributed by atoms with Gasteiger partial charge in [0, 0.05) is 38.9 Å². The third-order valence-corrected chi connectivity index (χ3v) is 4.51. The van der Waals surface area contributed by atoms with Crippen molar-refractivity contribution in [2.24, 2.45) is 0 Å². The molecule has 0 fully saturated rings. The van der Waals surface area contributed by atoms with Crippen LogP contribution >= 0.6 is 0 Å². The Kier molecular flexibility index (Phi) is 10.9. The molecule has 0 unspecified atom stereocenters. The second-order valence-electron chi connectivity index (χ2n) is 7.07. The molecule has 0 saturated carbocycles. The Hall–Kier alpha value is -3.22. The molecule has 0 aliphatic rings. The third-order valence-electron chi connectivity index (χ3n) is 4.51. The van der Waals surface area contributed by atoms with Crippen LogP contribution in [0.5, 0.6) is 0 Å². The first-order chi connectivity index (χ1) is 15.5. The molecular formula is C23H31FN6O2. The first-order valence-electron chi connectivity index (χ1n) is 10.6. The number of rotatable bonds is 12. The highest BCUT2D eigenvalue weighted by Crippen LogP contribution is 2.18. The first kappa shape index (κ1) is 25.0. The SMILES string of the molecule is CN[C@@H](C)C(=O)NCCCC#Cc1cnc(Nc2cccc(F)c2)nc1NCCCOC. The van der Waals surface area contributed by atoms with Crippen LogP contribution in [0.25, 0.3) is 0 Å². The molecular weight excluding hydrogens is 411 g/mol. The molecule has 1 aromatic carbocycles. The number of hydrogen-bond acceptors (Lipinski definition) is 7. The van der Waals surface area contributed by atoms with E-state index in [9.17, 15) is 9.18 Å². The summed E-state index contributed by atoms with van der Waals surface area (Å²) in [7, 11) is 3.40. The van der Waals surface area contributed by atoms with E-state index in [4.69, 9.17) is 4.74 Å². The lowest BCUT2D eigenvalue weighted by Gasteiger charge is -2.10. The van der Waals surface area contributed by atoms with E-state index in [-0.39, 0.29) is 17.8 Å². The number of hydrogen-bond donors (Lipinski definition) is 4. The highest BCUT2D eigenvalue weighted by Gasteiger charge is 2.08. The maximum absolute atomic E-state index is 13.4. The van der Waals surface area contributed by atoms with Crippen molar-refractivity contribution in [3.05, 3.63) is 41.8 Å². The van der Waals surface area contributed by atoms with Gasteiger partial charge in [-0.25, -0.2) is 9.37 Å². The summed E-state index contributed by atoms with van der Waals surface area (Å²) in [6.07, 6.45) is 3.81. The smallest absolute Gasteiger partial charge is 0.236 e. The summed E-state index contributed by atoms with van der Waals surface area (Å²) >= 11 is 0. The number of aromatic nitrogens is 2. The predicted octanol–water partition coefficient (Wildman–Crippen LogP) is 2.66. The van der Waals surface area contributed by atoms with Gasteiger partial charge in [-0.15, -0.1) is 0 Å². The van der Waals surface area contributed by atoms with Crippen molar-refractivity contribution in [1.29, 1.82) is 0 Å². The number of benzene rings is 1. The second kappa shape index (κ2) is 14.0. The Bertz CT molecular complexity index is 928. The van der Waals surface area contributed by atoms with Crippen molar-refractivity contribution in [1.82, 2.24) is 20.6 Å². The van der Waals surface area contributed by atoms with Crippen LogP contribution in [0.4, 0.5) is 21.8 Å². The lowest BCUT2D eigenvalue weighted by Crippen LogP contribution is -2.40. The van der Waals surface area contributed by atoms with E-state index in [0.29, 0.717) is 49.1 Å². The Morgan fingerprint density at radius 1 is 1.28 bits per heavy atom. The fraction of sp³-hybridized carbons (Fsp3) is 0.435. The summed E-state index contributed by atoms with van der Waals surface area (Å²) in [5, 5.41) is 12.0. The van der Waals surface area contributed by atoms with E-state index in [1.165, 1.54) is 12.1 Å². The van der Waals surface area contributed by atoms with Crippen molar-refractivity contribution in [3.8, 4) is 11.8 Å². The molecule has 1 heterocycles. The Balaban J connectivity index is 2.00. The molecule has 4 N–H and O–H groups in total. The monoisotopic (exact) mass is 442 g/mol. The van der Waals surface area contributed by atoms with Crippen molar-refractivity contribution >= 4 is 23.4 Å². The number of likely N-dealkylation sites (N-methyl/N-ethyl adjacent to an activating group) is 1. The first-order valence-corrected chi connectivity index (χ1v) is 10.6. The maximum atomic E-state index is 13.4. The molecule has 8 nitrogen and oxygen atoms in total. The number of unbranched alkanes of at least 4 members (excludes halogenated alkanes) is 1. The minimum atomic E-state index is -0.341. The predicted molar refractivity (Wildman–Crippen MR) is 124 cm³/mol. The number of halogens is 1. The van der Waals surface area contributed by atoms with Crippen LogP contribution in [0, 0.1) is 17.7 Å². The van der Waals surface area contributed by atoms with Gasteiger partial charge in [0.05, 0.1) is 17.8 Å². The summed E-state index contributed by atoms with van der Waals surface area (Å²) in [4.78, 5) is 20.5. The normalized spacial score (nSPS) is 11.2. The van der Waals surface area contributed by atoms with Gasteiger partial charge in [0.25, 0.3) is 0 Å². The van der Waals surface area contributed by atoms with E-state index >= 15 is 0 Å². The molecule has 0 spiro atoms. The van der Waals surface area contributed by atoms with Gasteiger partial charge in [-0.05, 0) is 45.0 Å². The van der Waals surface area contributed by atoms with Gasteiger partial charge in [0.15, 0.2) is 0 Å². The zero-order chi connectivity index (χ0) is 23.2. The number of methoxy groups -OCH3 is 1. The zero-order valence-electron chi connectivity index (χ0n) is 18.8. The summed E-state index contributed by atoms with van der Waals surface area (Å²) in [6, 6.07) is 5.88. The lowest BCUT2D eigenvalue weighted by atomic mass is 10.2. The van der Waals surface area contributed by atoms with Crippen LogP contribution < -0.4 is 21.3 Å². The number of carbonyl (C=O) groups is 1. The molecule has 32 heavy (non-hydrogen) atoms. The van der Waals surface area contributed by atoms with E-state index in [1.807, 2.05) is 6.92 Å². The van der Waals surface area contributed by atoms with E-state index < -0.39 is 0 Å². The van der Waals surface area contributed by atoms with E-state index in [2.05, 4.69) is 43.1 Å². The fourth-order valence-electron chi connectivity index (χ4n) is 2.62. The number of nitrogens with one attached hydrogen (secondary N) is 4. The molecule has 0 bridgehead atoms. The molecule has 2 rings (SSSR count). The van der Waals surface area contributed by atoms with Crippen LogP contribution in [0.1, 0.15) is 31.7 Å². The van der Waals surface area contributed by atoms with Gasteiger partial charge in [0.2, 0.25) is 11.9 Å². The van der Waals surface area contributed by atoms with Crippen LogP contribution in [-0.4, -0.2) is 55.8 Å². The minimum absolute atomic E-state index is 0.0298. The molecule has 0 aliphatic heterocycles. The number of carbonyl (C=O) groups excluding carboxylic acids is 1. The summed E-state index contributed by atoms with van der Waals surface area (Å²) in [6.45, 7) is 3.66. The summed E-state index contributed by atoms with van der Waals surface area (Å²) in [5.74, 6) is 6.77. The Labute approximate surface area is 188 Å². The molecule has 9 heteroatoms. The van der Waals surface area contributed by atoms with Gasteiger partial charge >= 0.3 is 0 Å². The highest BCUT2D eigenvalue weighted by molar-refractivity contribution is 5.81. The number of amides is 1. The van der Waals surface area contributed by atoms with Crippen molar-refractivity contribution < 1.29 is 13.9 Å². The highest BCUT2D eigenvalue weighted by atomic mass is 19.1. The summed E-state index contributed by atoms with van der Waals surface area (Å²) < 4.78 is 18.5. The summed E-state index contributed by atoms with van der Waals surface area (Å²) in [5.41, 5.74) is 1.23. The Morgan fingerprint density at radius 3 is 2.88 bits per heavy atom. The Morgan fingerprint density at radius 2 is 2.12 bits per heavy atom. The van der Waals surface area contributed by atoms with Crippen LogP contribution in [0.3, 0.4) is 0 Å². The maximum Gasteiger partial charge on any atom is 0.236 e. The number of ether oxygens (including phenoxy) is 1. The molecule has 2 aromatic rings. The molecule has 0 aliphatic carbocycles. The standard InChI is InChI=1S/C23H31FN6O2/c1-17(25-2)22(31)27-12-6-4-5-9-18-16-28-23(29-20-11-7-10-19(24)15-20)30-21(18)26-13-8-14-32-3/h7,10-11,15-17,25H,4,6,8,12-14H2,1-3H3,(H,27,31)(H2,26,28,29,30)/t17-/m0/s1. The third kappa shape index (κ3) is 8.88. The largest absolute Gasteiger partial charge is 0.385 e. The van der Waals surface area contributed by atoms with Crippen LogP contribution in [0.15, 0.2) is 30.5 Å². The average Bonchev–Trinajstić information content (AvgIpc) is 2.79. The molecule has 1 aromatic heterocycles. The van der Waals surface area contributed by atoms with E-state index in [1.54, 1.807) is 32.5 Å². The van der Waals surface area contributed by atoms with Crippen molar-refractivity contribution in [3.63, 3.8) is 0 Å². The van der Waals surface area contributed by atoms with Crippen molar-refractivity contribution in [2.45, 2.75) is 32.2 Å². The lowest BCUT2D eigenvalue weighted by molar-refractivity contribution is -0.122. The van der Waals surface area contributed by atoms with Gasteiger partial charge in [-0.2, -0.15) is 4.98 Å². The van der Waals surface area contributed by atoms with Crippen LogP contribution in [0.2, 0.25) is 0 Å². The van der Waals surface area contributed by atoms with Gasteiger partial charge in [-0.3, -0.25) is 4.79 Å². The van der Waals surface area contributed by atoms with Gasteiger partial charge in [0.1, 0.15) is 11.6 Å². The fourth-order valence-corrected chi connectivity index (χ4v) is 2.62. The number of nitrogens with zero attached hydrogens (tertiary/aromatic N) is 2. The molecule has 1 atom stereocenters. The topological polar surface area (TPSA) is 100 Å². The number of anilines is 3. The molecule has 1 amide bonds. The van der Waals surface area contributed by atoms with Crippen molar-refractivity contribution in [2.75, 3.05) is 44.5 Å². The molecule has 172 valence electrons. The van der Waals surface area contributed by atoms with Crippen LogP contribution in [-0.2, 0) is 9.53 Å².